The number of sulfone groups is 1. The molecule has 1 heterocycles. The molecule has 0 aliphatic carbocycles. The molecule has 0 saturated carbocycles. The van der Waals surface area contributed by atoms with Crippen LogP contribution in [0.25, 0.3) is 0 Å². The summed E-state index contributed by atoms with van der Waals surface area (Å²) in [6.07, 6.45) is 0.237. The molecule has 0 aromatic heterocycles. The number of likely N-dealkylation sites (tertiary alicyclic amines) is 1. The Labute approximate surface area is 200 Å². The van der Waals surface area contributed by atoms with E-state index in [-0.39, 0.29) is 35.4 Å². The second-order valence-electron chi connectivity index (χ2n) is 8.48. The first kappa shape index (κ1) is 23.7. The molecule has 4 rings (SSSR count). The predicted molar refractivity (Wildman–Crippen MR) is 129 cm³/mol. The van der Waals surface area contributed by atoms with Gasteiger partial charge in [-0.05, 0) is 35.6 Å². The number of hydrogen-bond donors (Lipinski definition) is 0. The lowest BCUT2D eigenvalue weighted by molar-refractivity contribution is -0.151. The highest BCUT2D eigenvalue weighted by Gasteiger charge is 2.44. The monoisotopic (exact) mass is 477 g/mol. The fourth-order valence-corrected chi connectivity index (χ4v) is 6.24. The van der Waals surface area contributed by atoms with Crippen molar-refractivity contribution >= 4 is 21.7 Å². The van der Waals surface area contributed by atoms with E-state index in [0.717, 1.165) is 11.1 Å². The van der Waals surface area contributed by atoms with Crippen LogP contribution >= 0.6 is 0 Å². The third kappa shape index (κ3) is 5.04. The first-order valence-corrected chi connectivity index (χ1v) is 12.8. The maximum Gasteiger partial charge on any atom is 0.328 e. The van der Waals surface area contributed by atoms with E-state index >= 15 is 0 Å². The Hall–Kier alpha value is -3.45. The number of carbonyl (C=O) groups is 2. The zero-order valence-electron chi connectivity index (χ0n) is 18.9. The van der Waals surface area contributed by atoms with Crippen molar-refractivity contribution in [1.29, 1.82) is 0 Å². The summed E-state index contributed by atoms with van der Waals surface area (Å²) < 4.78 is 30.9. The van der Waals surface area contributed by atoms with Gasteiger partial charge in [-0.15, -0.1) is 0 Å². The lowest BCUT2D eigenvalue weighted by Crippen LogP contribution is -2.43. The van der Waals surface area contributed by atoms with Crippen molar-refractivity contribution in [3.05, 3.63) is 102 Å². The van der Waals surface area contributed by atoms with Gasteiger partial charge in [0, 0.05) is 6.54 Å². The first-order valence-electron chi connectivity index (χ1n) is 11.2. The third-order valence-corrected chi connectivity index (χ3v) is 8.11. The molecule has 3 aromatic rings. The SMILES string of the molecule is COC(=O)[C@@H]1C[C@H](CS(=O)(=O)c2ccccc2)CN1C(=O)C(c1ccccc1)c1ccccc1. The van der Waals surface area contributed by atoms with Gasteiger partial charge in [-0.3, -0.25) is 4.79 Å². The zero-order valence-corrected chi connectivity index (χ0v) is 19.7. The second kappa shape index (κ2) is 10.2. The van der Waals surface area contributed by atoms with Crippen LogP contribution < -0.4 is 0 Å². The Bertz CT molecular complexity index is 1190. The molecule has 0 spiro atoms. The van der Waals surface area contributed by atoms with E-state index in [9.17, 15) is 18.0 Å². The summed E-state index contributed by atoms with van der Waals surface area (Å²) in [6, 6.07) is 26.2. The summed E-state index contributed by atoms with van der Waals surface area (Å²) in [5.41, 5.74) is 1.62. The Morgan fingerprint density at radius 2 is 1.38 bits per heavy atom. The minimum Gasteiger partial charge on any atom is -0.467 e. The molecular formula is C27H27NO5S. The molecule has 1 aliphatic heterocycles. The number of carbonyl (C=O) groups excluding carboxylic acids is 2. The van der Waals surface area contributed by atoms with Crippen LogP contribution in [0, 0.1) is 5.92 Å². The van der Waals surface area contributed by atoms with Crippen LogP contribution in [-0.2, 0) is 24.2 Å². The van der Waals surface area contributed by atoms with E-state index < -0.39 is 27.8 Å². The average Bonchev–Trinajstić information content (AvgIpc) is 3.28. The van der Waals surface area contributed by atoms with E-state index in [1.807, 2.05) is 60.7 Å². The molecule has 176 valence electrons. The first-order chi connectivity index (χ1) is 16.4. The van der Waals surface area contributed by atoms with Gasteiger partial charge in [-0.25, -0.2) is 13.2 Å². The molecule has 0 bridgehead atoms. The van der Waals surface area contributed by atoms with Gasteiger partial charge in [0.2, 0.25) is 5.91 Å². The predicted octanol–water partition coefficient (Wildman–Crippen LogP) is 3.68. The fourth-order valence-electron chi connectivity index (χ4n) is 4.62. The maximum atomic E-state index is 13.9. The van der Waals surface area contributed by atoms with Gasteiger partial charge >= 0.3 is 5.97 Å². The van der Waals surface area contributed by atoms with Crippen LogP contribution in [0.5, 0.6) is 0 Å². The van der Waals surface area contributed by atoms with Crippen LogP contribution in [-0.4, -0.2) is 50.6 Å². The highest BCUT2D eigenvalue weighted by Crippen LogP contribution is 2.33. The van der Waals surface area contributed by atoms with Crippen LogP contribution in [0.15, 0.2) is 95.9 Å². The number of benzene rings is 3. The van der Waals surface area contributed by atoms with Crippen LogP contribution in [0.3, 0.4) is 0 Å². The molecule has 0 N–H and O–H groups in total. The minimum atomic E-state index is -3.56. The van der Waals surface area contributed by atoms with Crippen molar-refractivity contribution in [2.45, 2.75) is 23.3 Å². The molecule has 2 atom stereocenters. The molecular weight excluding hydrogens is 450 g/mol. The lowest BCUT2D eigenvalue weighted by Gasteiger charge is -2.28. The third-order valence-electron chi connectivity index (χ3n) is 6.21. The van der Waals surface area contributed by atoms with E-state index in [1.165, 1.54) is 12.0 Å². The van der Waals surface area contributed by atoms with Gasteiger partial charge in [0.15, 0.2) is 9.84 Å². The summed E-state index contributed by atoms with van der Waals surface area (Å²) in [6.45, 7) is 0.167. The minimum absolute atomic E-state index is 0.143. The standard InChI is InChI=1S/C27H27NO5S/c1-33-27(30)24-17-20(19-34(31,32)23-15-9-4-10-16-23)18-28(24)26(29)25(21-11-5-2-6-12-21)22-13-7-3-8-14-22/h2-16,20,24-25H,17-19H2,1H3/t20-,24-/m0/s1. The quantitative estimate of drug-likeness (QED) is 0.485. The molecule has 1 fully saturated rings. The van der Waals surface area contributed by atoms with Crippen LogP contribution in [0.1, 0.15) is 23.5 Å². The summed E-state index contributed by atoms with van der Waals surface area (Å²) in [5, 5.41) is 0. The molecule has 6 nitrogen and oxygen atoms in total. The zero-order chi connectivity index (χ0) is 24.1. The number of rotatable bonds is 7. The van der Waals surface area contributed by atoms with Crippen molar-refractivity contribution in [3.8, 4) is 0 Å². The molecule has 3 aromatic carbocycles. The Kier molecular flexibility index (Phi) is 7.12. The Morgan fingerprint density at radius 3 is 1.88 bits per heavy atom. The highest BCUT2D eigenvalue weighted by molar-refractivity contribution is 7.91. The second-order valence-corrected chi connectivity index (χ2v) is 10.5. The summed E-state index contributed by atoms with van der Waals surface area (Å²) in [7, 11) is -2.28. The van der Waals surface area contributed by atoms with Gasteiger partial charge in [-0.2, -0.15) is 0 Å². The number of methoxy groups -OCH3 is 1. The van der Waals surface area contributed by atoms with Crippen LogP contribution in [0.2, 0.25) is 0 Å². The number of ether oxygens (including phenoxy) is 1. The summed E-state index contributed by atoms with van der Waals surface area (Å²) in [5.74, 6) is -1.92. The molecule has 1 saturated heterocycles. The molecule has 0 unspecified atom stereocenters. The van der Waals surface area contributed by atoms with Crippen molar-refractivity contribution in [2.75, 3.05) is 19.4 Å². The topological polar surface area (TPSA) is 80.8 Å². The average molecular weight is 478 g/mol. The maximum absolute atomic E-state index is 13.9. The Balaban J connectivity index is 1.65. The normalized spacial score (nSPS) is 18.1. The van der Waals surface area contributed by atoms with Crippen LogP contribution in [0.4, 0.5) is 0 Å². The van der Waals surface area contributed by atoms with Gasteiger partial charge in [0.1, 0.15) is 6.04 Å². The van der Waals surface area contributed by atoms with Crippen molar-refractivity contribution < 1.29 is 22.7 Å². The lowest BCUT2D eigenvalue weighted by atomic mass is 9.90. The van der Waals surface area contributed by atoms with Crippen molar-refractivity contribution in [1.82, 2.24) is 4.90 Å². The van der Waals surface area contributed by atoms with Crippen molar-refractivity contribution in [3.63, 3.8) is 0 Å². The molecule has 1 amide bonds. The summed E-state index contributed by atoms with van der Waals surface area (Å²) in [4.78, 5) is 28.3. The smallest absolute Gasteiger partial charge is 0.328 e. The Morgan fingerprint density at radius 1 is 0.882 bits per heavy atom. The van der Waals surface area contributed by atoms with E-state index in [0.29, 0.717) is 0 Å². The largest absolute Gasteiger partial charge is 0.467 e. The van der Waals surface area contributed by atoms with Crippen molar-refractivity contribution in [2.24, 2.45) is 5.92 Å². The molecule has 7 heteroatoms. The summed E-state index contributed by atoms with van der Waals surface area (Å²) >= 11 is 0. The molecule has 34 heavy (non-hydrogen) atoms. The number of amides is 1. The highest BCUT2D eigenvalue weighted by atomic mass is 32.2. The van der Waals surface area contributed by atoms with E-state index in [1.54, 1.807) is 30.3 Å². The van der Waals surface area contributed by atoms with Gasteiger partial charge in [0.05, 0.1) is 23.7 Å². The number of esters is 1. The van der Waals surface area contributed by atoms with Gasteiger partial charge < -0.3 is 9.64 Å². The fraction of sp³-hybridized carbons (Fsp3) is 0.259. The number of nitrogens with zero attached hydrogens (tertiary/aromatic N) is 1. The van der Waals surface area contributed by atoms with Gasteiger partial charge in [0.25, 0.3) is 0 Å². The number of hydrogen-bond acceptors (Lipinski definition) is 5. The van der Waals surface area contributed by atoms with E-state index in [4.69, 9.17) is 4.74 Å². The molecule has 0 radical (unpaired) electrons. The van der Waals surface area contributed by atoms with Gasteiger partial charge in [-0.1, -0.05) is 78.9 Å². The van der Waals surface area contributed by atoms with E-state index in [2.05, 4.69) is 0 Å². The molecule has 1 aliphatic rings.